The number of likely N-dealkylation sites (N-methyl/N-ethyl adjacent to an activating group) is 1. The maximum Gasteiger partial charge on any atom is 0.123 e. The molecule has 2 N–H and O–H groups in total. The van der Waals surface area contributed by atoms with Crippen LogP contribution in [0.25, 0.3) is 0 Å². The van der Waals surface area contributed by atoms with Crippen molar-refractivity contribution < 1.29 is 4.39 Å². The lowest BCUT2D eigenvalue weighted by molar-refractivity contribution is 0.303. The molecular weight excluding hydrogens is 223 g/mol. The second-order valence-corrected chi connectivity index (χ2v) is 4.54. The lowest BCUT2D eigenvalue weighted by atomic mass is 10.1. The Hall–Kier alpha value is -1.00. The molecule has 0 radical (unpaired) electrons. The number of rotatable bonds is 4. The van der Waals surface area contributed by atoms with Crippen LogP contribution in [-0.2, 0) is 6.54 Å². The first-order valence-electron chi connectivity index (χ1n) is 5.16. The van der Waals surface area contributed by atoms with Gasteiger partial charge in [-0.15, -0.1) is 0 Å². The first kappa shape index (κ1) is 13.1. The van der Waals surface area contributed by atoms with Crippen molar-refractivity contribution in [3.63, 3.8) is 0 Å². The molecule has 0 aromatic heterocycles. The highest BCUT2D eigenvalue weighted by atomic mass is 32.1. The number of halogens is 1. The summed E-state index contributed by atoms with van der Waals surface area (Å²) < 4.78 is 12.9. The summed E-state index contributed by atoms with van der Waals surface area (Å²) in [5.74, 6) is -0.203. The van der Waals surface area contributed by atoms with Crippen LogP contribution in [0.4, 0.5) is 4.39 Å². The zero-order valence-corrected chi connectivity index (χ0v) is 10.6. The van der Waals surface area contributed by atoms with Gasteiger partial charge >= 0.3 is 0 Å². The van der Waals surface area contributed by atoms with Gasteiger partial charge in [0.15, 0.2) is 0 Å². The van der Waals surface area contributed by atoms with E-state index < -0.39 is 0 Å². The molecule has 1 rings (SSSR count). The molecule has 1 aromatic carbocycles. The third-order valence-corrected chi connectivity index (χ3v) is 3.14. The molecule has 4 heteroatoms. The fraction of sp³-hybridized carbons (Fsp3) is 0.417. The number of hydrogen-bond acceptors (Lipinski definition) is 2. The molecule has 1 unspecified atom stereocenters. The summed E-state index contributed by atoms with van der Waals surface area (Å²) >= 11 is 4.94. The molecule has 1 aromatic rings. The lowest BCUT2D eigenvalue weighted by Crippen LogP contribution is -2.38. The van der Waals surface area contributed by atoms with Crippen LogP contribution >= 0.6 is 12.2 Å². The van der Waals surface area contributed by atoms with E-state index in [-0.39, 0.29) is 11.9 Å². The fourth-order valence-electron chi connectivity index (χ4n) is 1.46. The van der Waals surface area contributed by atoms with E-state index >= 15 is 0 Å². The van der Waals surface area contributed by atoms with E-state index in [4.69, 9.17) is 18.0 Å². The lowest BCUT2D eigenvalue weighted by Gasteiger charge is -2.24. The number of benzene rings is 1. The van der Waals surface area contributed by atoms with Gasteiger partial charge in [0.2, 0.25) is 0 Å². The molecular formula is C12H17FN2S. The zero-order chi connectivity index (χ0) is 12.3. The summed E-state index contributed by atoms with van der Waals surface area (Å²) in [4.78, 5) is 2.52. The second-order valence-electron chi connectivity index (χ2n) is 4.06. The fourth-order valence-corrected chi connectivity index (χ4v) is 1.64. The van der Waals surface area contributed by atoms with Gasteiger partial charge in [0, 0.05) is 6.54 Å². The van der Waals surface area contributed by atoms with Crippen molar-refractivity contribution in [2.24, 2.45) is 5.73 Å². The van der Waals surface area contributed by atoms with Crippen LogP contribution in [0.2, 0.25) is 0 Å². The minimum Gasteiger partial charge on any atom is -0.392 e. The third-order valence-electron chi connectivity index (χ3n) is 2.80. The number of nitrogens with two attached hydrogens (primary N) is 1. The Balaban J connectivity index is 2.77. The van der Waals surface area contributed by atoms with Gasteiger partial charge in [0.1, 0.15) is 5.82 Å². The first-order chi connectivity index (χ1) is 7.41. The van der Waals surface area contributed by atoms with Crippen LogP contribution in [0.5, 0.6) is 0 Å². The van der Waals surface area contributed by atoms with Crippen LogP contribution in [0.1, 0.15) is 18.1 Å². The van der Waals surface area contributed by atoms with E-state index in [9.17, 15) is 4.39 Å². The quantitative estimate of drug-likeness (QED) is 0.818. The average Bonchev–Trinajstić information content (AvgIpc) is 2.20. The summed E-state index contributed by atoms with van der Waals surface area (Å²) in [7, 11) is 1.95. The summed E-state index contributed by atoms with van der Waals surface area (Å²) in [5, 5.41) is 0. The molecule has 0 heterocycles. The SMILES string of the molecule is Cc1cc(F)ccc1CN(C)C(C)C(N)=S. The van der Waals surface area contributed by atoms with Crippen molar-refractivity contribution in [2.45, 2.75) is 26.4 Å². The molecule has 16 heavy (non-hydrogen) atoms. The number of aryl methyl sites for hydroxylation is 1. The first-order valence-corrected chi connectivity index (χ1v) is 5.57. The van der Waals surface area contributed by atoms with Crippen LogP contribution in [0.15, 0.2) is 18.2 Å². The second kappa shape index (κ2) is 5.37. The van der Waals surface area contributed by atoms with Crippen molar-refractivity contribution in [2.75, 3.05) is 7.05 Å². The van der Waals surface area contributed by atoms with Crippen molar-refractivity contribution in [3.05, 3.63) is 35.1 Å². The molecule has 0 amide bonds. The Bertz CT molecular complexity index is 393. The standard InChI is InChI=1S/C12H17FN2S/c1-8-6-11(13)5-4-10(8)7-15(3)9(2)12(14)16/h4-6,9H,7H2,1-3H3,(H2,14,16). The van der Waals surface area contributed by atoms with Crippen LogP contribution in [-0.4, -0.2) is 23.0 Å². The summed E-state index contributed by atoms with van der Waals surface area (Å²) in [6.07, 6.45) is 0. The van der Waals surface area contributed by atoms with Crippen LogP contribution in [0, 0.1) is 12.7 Å². The maximum atomic E-state index is 12.9. The Morgan fingerprint density at radius 1 is 1.56 bits per heavy atom. The predicted octanol–water partition coefficient (Wildman–Crippen LogP) is 2.24. The molecule has 0 fully saturated rings. The Kier molecular flexibility index (Phi) is 4.38. The van der Waals surface area contributed by atoms with Crippen molar-refractivity contribution in [3.8, 4) is 0 Å². The van der Waals surface area contributed by atoms with Crippen molar-refractivity contribution in [1.82, 2.24) is 4.90 Å². The van der Waals surface area contributed by atoms with Crippen molar-refractivity contribution >= 4 is 17.2 Å². The van der Waals surface area contributed by atoms with Gasteiger partial charge in [-0.05, 0) is 44.2 Å². The van der Waals surface area contributed by atoms with E-state index in [2.05, 4.69) is 0 Å². The molecule has 1 atom stereocenters. The van der Waals surface area contributed by atoms with Crippen LogP contribution < -0.4 is 5.73 Å². The van der Waals surface area contributed by atoms with E-state index in [1.54, 1.807) is 6.07 Å². The summed E-state index contributed by atoms with van der Waals surface area (Å²) in [6, 6.07) is 4.85. The van der Waals surface area contributed by atoms with E-state index in [0.717, 1.165) is 11.1 Å². The molecule has 0 spiro atoms. The van der Waals surface area contributed by atoms with Gasteiger partial charge in [-0.25, -0.2) is 4.39 Å². The van der Waals surface area contributed by atoms with Crippen molar-refractivity contribution in [1.29, 1.82) is 0 Å². The molecule has 88 valence electrons. The monoisotopic (exact) mass is 240 g/mol. The third kappa shape index (κ3) is 3.25. The number of nitrogens with zero attached hydrogens (tertiary/aromatic N) is 1. The molecule has 2 nitrogen and oxygen atoms in total. The van der Waals surface area contributed by atoms with E-state index in [0.29, 0.717) is 11.5 Å². The highest BCUT2D eigenvalue weighted by Crippen LogP contribution is 2.13. The van der Waals surface area contributed by atoms with Gasteiger partial charge in [0.05, 0.1) is 11.0 Å². The minimum absolute atomic E-state index is 0.0412. The normalized spacial score (nSPS) is 12.8. The van der Waals surface area contributed by atoms with E-state index in [1.165, 1.54) is 12.1 Å². The Labute approximate surface area is 101 Å². The van der Waals surface area contributed by atoms with Gasteiger partial charge in [0.25, 0.3) is 0 Å². The molecule has 0 aliphatic carbocycles. The minimum atomic E-state index is -0.203. The smallest absolute Gasteiger partial charge is 0.123 e. The number of hydrogen-bond donors (Lipinski definition) is 1. The maximum absolute atomic E-state index is 12.9. The average molecular weight is 240 g/mol. The topological polar surface area (TPSA) is 29.3 Å². The zero-order valence-electron chi connectivity index (χ0n) is 9.83. The Morgan fingerprint density at radius 3 is 2.69 bits per heavy atom. The summed E-state index contributed by atoms with van der Waals surface area (Å²) in [5.41, 5.74) is 7.62. The van der Waals surface area contributed by atoms with E-state index in [1.807, 2.05) is 25.8 Å². The van der Waals surface area contributed by atoms with Gasteiger partial charge in [-0.1, -0.05) is 18.3 Å². The molecule has 0 bridgehead atoms. The van der Waals surface area contributed by atoms with Crippen LogP contribution in [0.3, 0.4) is 0 Å². The largest absolute Gasteiger partial charge is 0.392 e. The highest BCUT2D eigenvalue weighted by molar-refractivity contribution is 7.80. The highest BCUT2D eigenvalue weighted by Gasteiger charge is 2.12. The van der Waals surface area contributed by atoms with Gasteiger partial charge in [-0.3, -0.25) is 4.90 Å². The molecule has 0 aliphatic rings. The molecule has 0 aliphatic heterocycles. The Morgan fingerprint density at radius 2 is 2.19 bits per heavy atom. The van der Waals surface area contributed by atoms with Gasteiger partial charge in [-0.2, -0.15) is 0 Å². The molecule has 0 saturated heterocycles. The molecule has 0 saturated carbocycles. The van der Waals surface area contributed by atoms with Gasteiger partial charge < -0.3 is 5.73 Å². The predicted molar refractivity (Wildman–Crippen MR) is 68.9 cm³/mol. The number of thiocarbonyl (C=S) groups is 1. The summed E-state index contributed by atoms with van der Waals surface area (Å²) in [6.45, 7) is 4.57.